The third-order valence-electron chi connectivity index (χ3n) is 4.51. The van der Waals surface area contributed by atoms with Crippen molar-refractivity contribution in [3.05, 3.63) is 24.0 Å². The molecule has 2 aliphatic rings. The Morgan fingerprint density at radius 3 is 3.00 bits per heavy atom. The summed E-state index contributed by atoms with van der Waals surface area (Å²) in [6.45, 7) is 2.16. The number of nitrogens with zero attached hydrogens (tertiary/aromatic N) is 2. The highest BCUT2D eigenvalue weighted by Gasteiger charge is 2.42. The zero-order chi connectivity index (χ0) is 13.0. The molecule has 3 atom stereocenters. The lowest BCUT2D eigenvalue weighted by Crippen LogP contribution is -2.22. The van der Waals surface area contributed by atoms with Crippen LogP contribution < -0.4 is 5.73 Å². The summed E-state index contributed by atoms with van der Waals surface area (Å²) in [6, 6.07) is 6.50. The molecule has 0 saturated carbocycles. The van der Waals surface area contributed by atoms with Crippen molar-refractivity contribution in [2.45, 2.75) is 50.9 Å². The molecule has 2 saturated heterocycles. The molecule has 2 N–H and O–H groups in total. The van der Waals surface area contributed by atoms with Crippen LogP contribution in [0.4, 0.5) is 5.69 Å². The molecule has 3 heterocycles. The van der Waals surface area contributed by atoms with E-state index >= 15 is 0 Å². The highest BCUT2D eigenvalue weighted by molar-refractivity contribution is 5.80. The number of benzene rings is 1. The topological polar surface area (TPSA) is 53.1 Å². The van der Waals surface area contributed by atoms with Gasteiger partial charge >= 0.3 is 0 Å². The molecule has 0 radical (unpaired) electrons. The number of nitrogens with two attached hydrogens (primary N) is 1. The lowest BCUT2D eigenvalue weighted by molar-refractivity contribution is 0.0940. The van der Waals surface area contributed by atoms with E-state index in [-0.39, 0.29) is 0 Å². The van der Waals surface area contributed by atoms with E-state index in [4.69, 9.17) is 15.5 Å². The predicted molar refractivity (Wildman–Crippen MR) is 75.1 cm³/mol. The van der Waals surface area contributed by atoms with Crippen molar-refractivity contribution < 1.29 is 4.74 Å². The van der Waals surface area contributed by atoms with Gasteiger partial charge in [-0.05, 0) is 37.5 Å². The molecule has 0 spiro atoms. The molecular weight excluding hydrogens is 238 g/mol. The first-order chi connectivity index (χ1) is 9.26. The Morgan fingerprint density at radius 1 is 1.42 bits per heavy atom. The Kier molecular flexibility index (Phi) is 2.36. The van der Waals surface area contributed by atoms with Crippen LogP contribution in [-0.2, 0) is 11.2 Å². The van der Waals surface area contributed by atoms with Crippen molar-refractivity contribution in [1.29, 1.82) is 0 Å². The van der Waals surface area contributed by atoms with E-state index in [0.717, 1.165) is 29.9 Å². The Hall–Kier alpha value is -1.55. The number of anilines is 1. The summed E-state index contributed by atoms with van der Waals surface area (Å²) in [6.07, 6.45) is 5.34. The Bertz CT molecular complexity index is 634. The van der Waals surface area contributed by atoms with Gasteiger partial charge in [0, 0.05) is 12.1 Å². The van der Waals surface area contributed by atoms with Crippen molar-refractivity contribution in [2.24, 2.45) is 0 Å². The molecule has 0 amide bonds. The summed E-state index contributed by atoms with van der Waals surface area (Å²) >= 11 is 0. The maximum Gasteiger partial charge on any atom is 0.109 e. The van der Waals surface area contributed by atoms with E-state index in [1.165, 1.54) is 18.4 Å². The van der Waals surface area contributed by atoms with E-state index in [1.807, 2.05) is 12.1 Å². The van der Waals surface area contributed by atoms with Crippen LogP contribution in [-0.4, -0.2) is 21.8 Å². The van der Waals surface area contributed by atoms with Crippen molar-refractivity contribution in [3.8, 4) is 0 Å². The first-order valence-electron chi connectivity index (χ1n) is 7.18. The van der Waals surface area contributed by atoms with Gasteiger partial charge in [-0.2, -0.15) is 0 Å². The molecule has 4 rings (SSSR count). The fourth-order valence-corrected chi connectivity index (χ4v) is 3.67. The number of hydrogen-bond acceptors (Lipinski definition) is 3. The number of aryl methyl sites for hydroxylation is 1. The summed E-state index contributed by atoms with van der Waals surface area (Å²) in [5.41, 5.74) is 8.86. The largest absolute Gasteiger partial charge is 0.399 e. The van der Waals surface area contributed by atoms with Gasteiger partial charge in [-0.15, -0.1) is 0 Å². The van der Waals surface area contributed by atoms with Gasteiger partial charge in [0.1, 0.15) is 5.82 Å². The van der Waals surface area contributed by atoms with E-state index in [0.29, 0.717) is 18.2 Å². The summed E-state index contributed by atoms with van der Waals surface area (Å²) < 4.78 is 8.41. The number of rotatable bonds is 2. The van der Waals surface area contributed by atoms with Crippen LogP contribution in [0.15, 0.2) is 18.2 Å². The first-order valence-corrected chi connectivity index (χ1v) is 7.18. The molecule has 1 aromatic carbocycles. The fourth-order valence-electron chi connectivity index (χ4n) is 3.67. The van der Waals surface area contributed by atoms with Crippen LogP contribution in [0.1, 0.15) is 38.1 Å². The molecule has 19 heavy (non-hydrogen) atoms. The number of aromatic nitrogens is 2. The molecular formula is C15H19N3O. The maximum atomic E-state index is 6.01. The summed E-state index contributed by atoms with van der Waals surface area (Å²) in [4.78, 5) is 4.75. The molecule has 2 bridgehead atoms. The van der Waals surface area contributed by atoms with Crippen molar-refractivity contribution in [3.63, 3.8) is 0 Å². The quantitative estimate of drug-likeness (QED) is 0.841. The third kappa shape index (κ3) is 1.59. The lowest BCUT2D eigenvalue weighted by Gasteiger charge is -2.23. The second-order valence-corrected chi connectivity index (χ2v) is 5.68. The third-order valence-corrected chi connectivity index (χ3v) is 4.51. The Labute approximate surface area is 112 Å². The van der Waals surface area contributed by atoms with E-state index in [1.54, 1.807) is 0 Å². The van der Waals surface area contributed by atoms with Gasteiger partial charge in [-0.1, -0.05) is 6.92 Å². The number of ether oxygens (including phenoxy) is 1. The molecule has 4 heteroatoms. The molecule has 2 fully saturated rings. The van der Waals surface area contributed by atoms with Crippen molar-refractivity contribution in [1.82, 2.24) is 9.55 Å². The van der Waals surface area contributed by atoms with Crippen molar-refractivity contribution >= 4 is 16.7 Å². The molecule has 1 aromatic heterocycles. The van der Waals surface area contributed by atoms with E-state index in [9.17, 15) is 0 Å². The highest BCUT2D eigenvalue weighted by Crippen LogP contribution is 2.43. The number of fused-ring (bicyclic) bond motifs is 3. The van der Waals surface area contributed by atoms with Crippen LogP contribution in [0.5, 0.6) is 0 Å². The summed E-state index contributed by atoms with van der Waals surface area (Å²) in [7, 11) is 0. The SMILES string of the molecule is CCc1nc2cc(N)ccc2n1C1CC2CCC1O2. The first kappa shape index (κ1) is 11.3. The predicted octanol–water partition coefficient (Wildman–Crippen LogP) is 2.67. The molecule has 2 aliphatic heterocycles. The minimum absolute atomic E-state index is 0.380. The molecule has 100 valence electrons. The molecule has 0 aliphatic carbocycles. The minimum atomic E-state index is 0.380. The Balaban J connectivity index is 1.88. The van der Waals surface area contributed by atoms with Crippen molar-refractivity contribution in [2.75, 3.05) is 5.73 Å². The average Bonchev–Trinajstić information content (AvgIpc) is 3.09. The summed E-state index contributed by atoms with van der Waals surface area (Å²) in [5.74, 6) is 1.15. The van der Waals surface area contributed by atoms with E-state index < -0.39 is 0 Å². The molecule has 2 aromatic rings. The monoisotopic (exact) mass is 257 g/mol. The average molecular weight is 257 g/mol. The normalized spacial score (nSPS) is 29.4. The smallest absolute Gasteiger partial charge is 0.109 e. The second-order valence-electron chi connectivity index (χ2n) is 5.68. The zero-order valence-corrected chi connectivity index (χ0v) is 11.2. The standard InChI is InChI=1S/C15H19N3O/c1-2-15-17-11-7-9(16)3-5-12(11)18(15)13-8-10-4-6-14(13)19-10/h3,5,7,10,13-14H,2,4,6,8,16H2,1H3. The number of nitrogen functional groups attached to an aromatic ring is 1. The van der Waals surface area contributed by atoms with Crippen LogP contribution >= 0.6 is 0 Å². The number of hydrogen-bond donors (Lipinski definition) is 1. The molecule has 4 nitrogen and oxygen atoms in total. The van der Waals surface area contributed by atoms with Crippen LogP contribution in [0, 0.1) is 0 Å². The molecule has 3 unspecified atom stereocenters. The van der Waals surface area contributed by atoms with Crippen LogP contribution in [0.25, 0.3) is 11.0 Å². The van der Waals surface area contributed by atoms with Crippen LogP contribution in [0.2, 0.25) is 0 Å². The Morgan fingerprint density at radius 2 is 2.32 bits per heavy atom. The summed E-state index contributed by atoms with van der Waals surface area (Å²) in [5, 5.41) is 0. The highest BCUT2D eigenvalue weighted by atomic mass is 16.5. The van der Waals surface area contributed by atoms with Gasteiger partial charge in [0.05, 0.1) is 29.3 Å². The fraction of sp³-hybridized carbons (Fsp3) is 0.533. The van der Waals surface area contributed by atoms with Gasteiger partial charge < -0.3 is 15.0 Å². The van der Waals surface area contributed by atoms with Gasteiger partial charge in [0.2, 0.25) is 0 Å². The zero-order valence-electron chi connectivity index (χ0n) is 11.2. The number of imidazole rings is 1. The van der Waals surface area contributed by atoms with Gasteiger partial charge in [0.25, 0.3) is 0 Å². The van der Waals surface area contributed by atoms with Gasteiger partial charge in [0.15, 0.2) is 0 Å². The van der Waals surface area contributed by atoms with E-state index in [2.05, 4.69) is 17.6 Å². The second kappa shape index (κ2) is 3.97. The van der Waals surface area contributed by atoms with Gasteiger partial charge in [-0.3, -0.25) is 0 Å². The van der Waals surface area contributed by atoms with Crippen LogP contribution in [0.3, 0.4) is 0 Å². The van der Waals surface area contributed by atoms with Gasteiger partial charge in [-0.25, -0.2) is 4.98 Å². The minimum Gasteiger partial charge on any atom is -0.399 e. The maximum absolute atomic E-state index is 6.01. The lowest BCUT2D eigenvalue weighted by atomic mass is 9.95.